The number of fused-ring (bicyclic) bond motifs is 1. The number of hydrogen-bond acceptors (Lipinski definition) is 2. The van der Waals surface area contributed by atoms with E-state index in [0.29, 0.717) is 6.54 Å². The lowest BCUT2D eigenvalue weighted by Crippen LogP contribution is -2.37. The molecule has 5 heteroatoms. The van der Waals surface area contributed by atoms with Gasteiger partial charge < -0.3 is 10.6 Å². The van der Waals surface area contributed by atoms with Crippen molar-refractivity contribution in [3.05, 3.63) is 76.9 Å². The third kappa shape index (κ3) is 4.70. The molecule has 3 rings (SSSR count). The molecule has 1 aromatic heterocycles. The molecule has 0 saturated heterocycles. The largest absolute Gasteiger partial charge is 0.356 e. The Balaban J connectivity index is 1.55. The highest BCUT2D eigenvalue weighted by Gasteiger charge is 2.03. The fraction of sp³-hybridized carbons (Fsp3) is 0.200. The number of pyridine rings is 1. The van der Waals surface area contributed by atoms with Crippen LogP contribution < -0.4 is 10.6 Å². The number of hydrogen-bond donors (Lipinski definition) is 2. The number of aromatic nitrogens is 1. The van der Waals surface area contributed by atoms with Gasteiger partial charge in [0.25, 0.3) is 0 Å². The first-order chi connectivity index (χ1) is 12.3. The van der Waals surface area contributed by atoms with E-state index in [1.807, 2.05) is 30.5 Å². The van der Waals surface area contributed by atoms with Gasteiger partial charge in [0.2, 0.25) is 0 Å². The van der Waals surface area contributed by atoms with Crippen molar-refractivity contribution in [1.82, 2.24) is 15.6 Å². The molecule has 0 fully saturated rings. The number of aliphatic imine (C=N–C) groups is 1. The van der Waals surface area contributed by atoms with E-state index in [0.717, 1.165) is 40.4 Å². The molecule has 0 atom stereocenters. The molecule has 0 amide bonds. The van der Waals surface area contributed by atoms with Crippen molar-refractivity contribution in [3.8, 4) is 0 Å². The van der Waals surface area contributed by atoms with Gasteiger partial charge in [-0.15, -0.1) is 0 Å². The van der Waals surface area contributed by atoms with Crippen LogP contribution in [0.5, 0.6) is 0 Å². The first-order valence-corrected chi connectivity index (χ1v) is 8.65. The van der Waals surface area contributed by atoms with Crippen LogP contribution in [-0.4, -0.2) is 24.5 Å². The van der Waals surface area contributed by atoms with Crippen molar-refractivity contribution in [3.63, 3.8) is 0 Å². The molecular formula is C20H21ClN4. The summed E-state index contributed by atoms with van der Waals surface area (Å²) >= 11 is 6.02. The van der Waals surface area contributed by atoms with E-state index in [1.54, 1.807) is 7.05 Å². The minimum absolute atomic E-state index is 0.672. The molecule has 0 radical (unpaired) electrons. The predicted molar refractivity (Wildman–Crippen MR) is 105 cm³/mol. The SMILES string of the molecule is CN=C(NCCc1cccc(Cl)c1)NCc1cccc2cccnc12. The minimum Gasteiger partial charge on any atom is -0.356 e. The summed E-state index contributed by atoms with van der Waals surface area (Å²) in [6, 6.07) is 18.2. The van der Waals surface area contributed by atoms with Gasteiger partial charge in [-0.25, -0.2) is 0 Å². The molecule has 2 aromatic carbocycles. The van der Waals surface area contributed by atoms with Gasteiger partial charge in [-0.2, -0.15) is 0 Å². The predicted octanol–water partition coefficient (Wildman–Crippen LogP) is 3.80. The molecule has 0 unspecified atom stereocenters. The molecule has 0 aliphatic carbocycles. The van der Waals surface area contributed by atoms with Crippen LogP contribution in [0.4, 0.5) is 0 Å². The molecule has 0 saturated carbocycles. The van der Waals surface area contributed by atoms with E-state index in [4.69, 9.17) is 11.6 Å². The van der Waals surface area contributed by atoms with Crippen molar-refractivity contribution in [2.24, 2.45) is 4.99 Å². The molecule has 0 spiro atoms. The standard InChI is InChI=1S/C20H21ClN4/c1-22-20(24-12-10-15-5-2-9-18(21)13-15)25-14-17-7-3-6-16-8-4-11-23-19(16)17/h2-9,11,13H,10,12,14H2,1H3,(H2,22,24,25). The summed E-state index contributed by atoms with van der Waals surface area (Å²) in [5.74, 6) is 0.773. The number of guanidine groups is 1. The normalized spacial score (nSPS) is 11.5. The third-order valence-corrected chi connectivity index (χ3v) is 4.22. The van der Waals surface area contributed by atoms with Crippen LogP contribution in [-0.2, 0) is 13.0 Å². The second-order valence-electron chi connectivity index (χ2n) is 5.72. The van der Waals surface area contributed by atoms with Gasteiger partial charge >= 0.3 is 0 Å². The lowest BCUT2D eigenvalue weighted by Gasteiger charge is -2.13. The molecule has 0 aliphatic rings. The highest BCUT2D eigenvalue weighted by atomic mass is 35.5. The van der Waals surface area contributed by atoms with Crippen LogP contribution in [0.15, 0.2) is 65.8 Å². The van der Waals surface area contributed by atoms with E-state index >= 15 is 0 Å². The molecule has 0 bridgehead atoms. The average Bonchev–Trinajstić information content (AvgIpc) is 2.64. The van der Waals surface area contributed by atoms with Gasteiger partial charge in [0.05, 0.1) is 5.52 Å². The van der Waals surface area contributed by atoms with E-state index in [-0.39, 0.29) is 0 Å². The van der Waals surface area contributed by atoms with Crippen LogP contribution in [0, 0.1) is 0 Å². The third-order valence-electron chi connectivity index (χ3n) is 3.98. The lowest BCUT2D eigenvalue weighted by atomic mass is 10.1. The van der Waals surface area contributed by atoms with Gasteiger partial charge in [0.15, 0.2) is 5.96 Å². The molecule has 2 N–H and O–H groups in total. The Labute approximate surface area is 153 Å². The maximum atomic E-state index is 6.02. The van der Waals surface area contributed by atoms with Crippen molar-refractivity contribution in [2.75, 3.05) is 13.6 Å². The Kier molecular flexibility index (Phi) is 5.86. The Morgan fingerprint density at radius 2 is 1.92 bits per heavy atom. The zero-order valence-electron chi connectivity index (χ0n) is 14.2. The van der Waals surface area contributed by atoms with Gasteiger partial charge in [-0.1, -0.05) is 48.0 Å². The Morgan fingerprint density at radius 1 is 1.08 bits per heavy atom. The summed E-state index contributed by atoms with van der Waals surface area (Å²) in [6.07, 6.45) is 2.71. The first kappa shape index (κ1) is 17.2. The van der Waals surface area contributed by atoms with Crippen LogP contribution in [0.2, 0.25) is 5.02 Å². The maximum Gasteiger partial charge on any atom is 0.191 e. The molecular weight excluding hydrogens is 332 g/mol. The van der Waals surface area contributed by atoms with E-state index < -0.39 is 0 Å². The summed E-state index contributed by atoms with van der Waals surface area (Å²) in [4.78, 5) is 8.76. The molecule has 0 aliphatic heterocycles. The Bertz CT molecular complexity index is 871. The van der Waals surface area contributed by atoms with Crippen LogP contribution in [0.25, 0.3) is 10.9 Å². The lowest BCUT2D eigenvalue weighted by molar-refractivity contribution is 0.796. The second kappa shape index (κ2) is 8.49. The fourth-order valence-corrected chi connectivity index (χ4v) is 2.94. The second-order valence-corrected chi connectivity index (χ2v) is 6.16. The van der Waals surface area contributed by atoms with E-state index in [1.165, 1.54) is 5.56 Å². The molecule has 1 heterocycles. The zero-order valence-corrected chi connectivity index (χ0v) is 14.9. The Hall–Kier alpha value is -2.59. The first-order valence-electron chi connectivity index (χ1n) is 8.28. The number of rotatable bonds is 5. The monoisotopic (exact) mass is 352 g/mol. The van der Waals surface area contributed by atoms with Gasteiger partial charge in [0.1, 0.15) is 0 Å². The summed E-state index contributed by atoms with van der Waals surface area (Å²) in [5.41, 5.74) is 3.37. The topological polar surface area (TPSA) is 49.3 Å². The summed E-state index contributed by atoms with van der Waals surface area (Å²) < 4.78 is 0. The number of nitrogens with zero attached hydrogens (tertiary/aromatic N) is 2. The van der Waals surface area contributed by atoms with E-state index in [9.17, 15) is 0 Å². The van der Waals surface area contributed by atoms with Crippen molar-refractivity contribution < 1.29 is 0 Å². The smallest absolute Gasteiger partial charge is 0.191 e. The van der Waals surface area contributed by atoms with Crippen LogP contribution in [0.3, 0.4) is 0 Å². The number of benzene rings is 2. The quantitative estimate of drug-likeness (QED) is 0.542. The average molecular weight is 353 g/mol. The van der Waals surface area contributed by atoms with Gasteiger partial charge in [-0.05, 0) is 35.7 Å². The van der Waals surface area contributed by atoms with Crippen molar-refractivity contribution >= 4 is 28.5 Å². The minimum atomic E-state index is 0.672. The van der Waals surface area contributed by atoms with E-state index in [2.05, 4.69) is 50.9 Å². The summed E-state index contributed by atoms with van der Waals surface area (Å²) in [7, 11) is 1.77. The molecule has 3 aromatic rings. The number of para-hydroxylation sites is 1. The Morgan fingerprint density at radius 3 is 2.76 bits per heavy atom. The number of halogens is 1. The highest BCUT2D eigenvalue weighted by Crippen LogP contribution is 2.15. The number of nitrogens with one attached hydrogen (secondary N) is 2. The molecule has 25 heavy (non-hydrogen) atoms. The summed E-state index contributed by atoms with van der Waals surface area (Å²) in [6.45, 7) is 1.46. The van der Waals surface area contributed by atoms with Crippen molar-refractivity contribution in [2.45, 2.75) is 13.0 Å². The molecule has 128 valence electrons. The van der Waals surface area contributed by atoms with Crippen LogP contribution in [0.1, 0.15) is 11.1 Å². The van der Waals surface area contributed by atoms with Crippen LogP contribution >= 0.6 is 11.6 Å². The fourth-order valence-electron chi connectivity index (χ4n) is 2.73. The maximum absolute atomic E-state index is 6.02. The van der Waals surface area contributed by atoms with Gasteiger partial charge in [-0.3, -0.25) is 9.98 Å². The van der Waals surface area contributed by atoms with Crippen molar-refractivity contribution in [1.29, 1.82) is 0 Å². The molecule has 4 nitrogen and oxygen atoms in total. The van der Waals surface area contributed by atoms with Gasteiger partial charge in [0, 0.05) is 36.7 Å². The zero-order chi connectivity index (χ0) is 17.5. The highest BCUT2D eigenvalue weighted by molar-refractivity contribution is 6.30. The summed E-state index contributed by atoms with van der Waals surface area (Å²) in [5, 5.41) is 8.59.